The van der Waals surface area contributed by atoms with Crippen molar-refractivity contribution in [2.24, 2.45) is 0 Å². The van der Waals surface area contributed by atoms with Crippen LogP contribution in [0.15, 0.2) is 66.7 Å². The number of benzene rings is 3. The van der Waals surface area contributed by atoms with Gasteiger partial charge in [-0.25, -0.2) is 0 Å². The van der Waals surface area contributed by atoms with Crippen LogP contribution in [-0.4, -0.2) is 39.9 Å². The highest BCUT2D eigenvalue weighted by atomic mass is 16.3. The van der Waals surface area contributed by atoms with Crippen LogP contribution in [-0.2, 0) is 6.61 Å². The minimum atomic E-state index is -0.730. The normalized spacial score (nSPS) is 14.9. The van der Waals surface area contributed by atoms with E-state index in [1.54, 1.807) is 24.3 Å². The van der Waals surface area contributed by atoms with E-state index in [1.165, 1.54) is 16.3 Å². The maximum Gasteiger partial charge on any atom is 0.0815 e. The number of fused-ring (bicyclic) bond motifs is 1. The number of aliphatic hydroxyl groups is 3. The lowest BCUT2D eigenvalue weighted by molar-refractivity contribution is 0.0514. The van der Waals surface area contributed by atoms with Gasteiger partial charge in [-0.1, -0.05) is 60.7 Å². The minimum Gasteiger partial charge on any atom is -0.392 e. The lowest BCUT2D eigenvalue weighted by Gasteiger charge is -2.28. The third-order valence-electron chi connectivity index (χ3n) is 5.46. The number of nitrogens with zero attached hydrogens (tertiary/aromatic N) is 1. The largest absolute Gasteiger partial charge is 0.392 e. The van der Waals surface area contributed by atoms with Crippen molar-refractivity contribution in [2.75, 3.05) is 13.6 Å². The van der Waals surface area contributed by atoms with Gasteiger partial charge < -0.3 is 15.3 Å². The third kappa shape index (κ3) is 4.97. The zero-order chi connectivity index (χ0) is 20.1. The minimum absolute atomic E-state index is 0.0174. The Morgan fingerprint density at radius 2 is 1.50 bits per heavy atom. The topological polar surface area (TPSA) is 63.9 Å². The summed E-state index contributed by atoms with van der Waals surface area (Å²) in [4.78, 5) is 2.11. The molecule has 28 heavy (non-hydrogen) atoms. The van der Waals surface area contributed by atoms with Gasteiger partial charge in [0.25, 0.3) is 0 Å². The molecule has 3 N–H and O–H groups in total. The molecule has 4 heteroatoms. The Kier molecular flexibility index (Phi) is 6.81. The summed E-state index contributed by atoms with van der Waals surface area (Å²) in [6.45, 7) is 2.58. The van der Waals surface area contributed by atoms with Gasteiger partial charge in [-0.3, -0.25) is 4.90 Å². The summed E-state index contributed by atoms with van der Waals surface area (Å²) in [5, 5.41) is 32.4. The molecule has 148 valence electrons. The fraction of sp³-hybridized carbons (Fsp3) is 0.333. The quantitative estimate of drug-likeness (QED) is 0.557. The van der Waals surface area contributed by atoms with Crippen LogP contribution in [0.4, 0.5) is 0 Å². The average Bonchev–Trinajstić information content (AvgIpc) is 2.72. The van der Waals surface area contributed by atoms with E-state index in [9.17, 15) is 10.2 Å². The molecular weight excluding hydrogens is 350 g/mol. The average molecular weight is 380 g/mol. The maximum atomic E-state index is 10.5. The third-order valence-corrected chi connectivity index (χ3v) is 5.46. The van der Waals surface area contributed by atoms with Gasteiger partial charge in [0.1, 0.15) is 0 Å². The van der Waals surface area contributed by atoms with Crippen molar-refractivity contribution in [3.05, 3.63) is 83.4 Å². The molecule has 3 rings (SSSR count). The molecule has 3 unspecified atom stereocenters. The van der Waals surface area contributed by atoms with Gasteiger partial charge in [0.2, 0.25) is 0 Å². The van der Waals surface area contributed by atoms with E-state index in [0.29, 0.717) is 6.54 Å². The molecule has 0 amide bonds. The van der Waals surface area contributed by atoms with E-state index in [-0.39, 0.29) is 19.1 Å². The highest BCUT2D eigenvalue weighted by Crippen LogP contribution is 2.25. The molecule has 0 aliphatic heterocycles. The van der Waals surface area contributed by atoms with E-state index in [1.807, 2.05) is 19.2 Å². The molecule has 4 nitrogen and oxygen atoms in total. The summed E-state index contributed by atoms with van der Waals surface area (Å²) in [6, 6.07) is 22.1. The van der Waals surface area contributed by atoms with E-state index in [0.717, 1.165) is 11.1 Å². The summed E-state index contributed by atoms with van der Waals surface area (Å²) in [6.07, 6.45) is -1.10. The first-order chi connectivity index (χ1) is 13.5. The fourth-order valence-electron chi connectivity index (χ4n) is 3.53. The van der Waals surface area contributed by atoms with Crippen molar-refractivity contribution in [3.63, 3.8) is 0 Å². The highest BCUT2D eigenvalue weighted by Gasteiger charge is 2.19. The first-order valence-corrected chi connectivity index (χ1v) is 9.72. The van der Waals surface area contributed by atoms with E-state index >= 15 is 0 Å². The molecule has 0 fully saturated rings. The highest BCUT2D eigenvalue weighted by molar-refractivity contribution is 5.83. The second-order valence-corrected chi connectivity index (χ2v) is 7.53. The molecular formula is C24H29NO3. The van der Waals surface area contributed by atoms with E-state index in [2.05, 4.69) is 42.2 Å². The Balaban J connectivity index is 1.59. The zero-order valence-electron chi connectivity index (χ0n) is 16.5. The number of aliphatic hydroxyl groups excluding tert-OH is 3. The molecule has 0 aromatic heterocycles. The number of hydrogen-bond donors (Lipinski definition) is 3. The maximum absolute atomic E-state index is 10.5. The predicted molar refractivity (Wildman–Crippen MR) is 113 cm³/mol. The molecule has 3 atom stereocenters. The summed E-state index contributed by atoms with van der Waals surface area (Å²) >= 11 is 0. The Hall–Kier alpha value is -2.24. The molecule has 0 aliphatic carbocycles. The molecule has 3 aromatic carbocycles. The molecule has 0 saturated carbocycles. The standard InChI is InChI=1S/C24H29NO3/c1-17(21-12-11-19-5-3-4-6-22(19)13-21)25(2)15-23(27)14-24(28)20-9-7-18(16-26)8-10-20/h3-13,17,23-24,26-28H,14-16H2,1-2H3. The second-order valence-electron chi connectivity index (χ2n) is 7.53. The molecule has 0 aliphatic rings. The molecule has 3 aromatic rings. The lowest BCUT2D eigenvalue weighted by atomic mass is 10.00. The summed E-state index contributed by atoms with van der Waals surface area (Å²) in [7, 11) is 1.99. The van der Waals surface area contributed by atoms with Crippen molar-refractivity contribution in [3.8, 4) is 0 Å². The van der Waals surface area contributed by atoms with Crippen LogP contribution in [0.1, 0.15) is 42.2 Å². The van der Waals surface area contributed by atoms with Crippen LogP contribution in [0.2, 0.25) is 0 Å². The van der Waals surface area contributed by atoms with Gasteiger partial charge in [-0.2, -0.15) is 0 Å². The first-order valence-electron chi connectivity index (χ1n) is 9.72. The second kappa shape index (κ2) is 9.30. The zero-order valence-corrected chi connectivity index (χ0v) is 16.5. The van der Waals surface area contributed by atoms with Crippen molar-refractivity contribution in [2.45, 2.75) is 38.2 Å². The fourth-order valence-corrected chi connectivity index (χ4v) is 3.53. The van der Waals surface area contributed by atoms with Crippen LogP contribution in [0.3, 0.4) is 0 Å². The van der Waals surface area contributed by atoms with E-state index < -0.39 is 12.2 Å². The Morgan fingerprint density at radius 1 is 0.857 bits per heavy atom. The van der Waals surface area contributed by atoms with Crippen LogP contribution in [0.25, 0.3) is 10.8 Å². The van der Waals surface area contributed by atoms with Crippen LogP contribution >= 0.6 is 0 Å². The number of likely N-dealkylation sites (N-methyl/N-ethyl adjacent to an activating group) is 1. The van der Waals surface area contributed by atoms with Gasteiger partial charge in [-0.15, -0.1) is 0 Å². The van der Waals surface area contributed by atoms with Crippen LogP contribution in [0, 0.1) is 0 Å². The van der Waals surface area contributed by atoms with Crippen molar-refractivity contribution >= 4 is 10.8 Å². The Morgan fingerprint density at radius 3 is 2.18 bits per heavy atom. The van der Waals surface area contributed by atoms with Gasteiger partial charge in [0, 0.05) is 19.0 Å². The summed E-state index contributed by atoms with van der Waals surface area (Å²) in [5.41, 5.74) is 2.76. The molecule has 0 spiro atoms. The first kappa shape index (κ1) is 20.5. The predicted octanol–water partition coefficient (Wildman–Crippen LogP) is 3.81. The van der Waals surface area contributed by atoms with Gasteiger partial charge in [0.05, 0.1) is 18.8 Å². The Bertz CT molecular complexity index is 894. The van der Waals surface area contributed by atoms with Gasteiger partial charge in [0.15, 0.2) is 0 Å². The van der Waals surface area contributed by atoms with Gasteiger partial charge in [-0.05, 0) is 47.5 Å². The smallest absolute Gasteiger partial charge is 0.0815 e. The monoisotopic (exact) mass is 379 g/mol. The molecule has 0 radical (unpaired) electrons. The molecule has 0 saturated heterocycles. The lowest BCUT2D eigenvalue weighted by Crippen LogP contribution is -2.32. The van der Waals surface area contributed by atoms with Crippen molar-refractivity contribution < 1.29 is 15.3 Å². The molecule has 0 bridgehead atoms. The van der Waals surface area contributed by atoms with Crippen molar-refractivity contribution in [1.82, 2.24) is 4.90 Å². The summed E-state index contributed by atoms with van der Waals surface area (Å²) in [5.74, 6) is 0. The van der Waals surface area contributed by atoms with E-state index in [4.69, 9.17) is 5.11 Å². The summed E-state index contributed by atoms with van der Waals surface area (Å²) < 4.78 is 0. The van der Waals surface area contributed by atoms with Crippen LogP contribution in [0.5, 0.6) is 0 Å². The number of rotatable bonds is 8. The number of hydrogen-bond acceptors (Lipinski definition) is 4. The molecule has 0 heterocycles. The SMILES string of the molecule is CC(c1ccc2ccccc2c1)N(C)CC(O)CC(O)c1ccc(CO)cc1. The Labute approximate surface area is 166 Å². The van der Waals surface area contributed by atoms with Gasteiger partial charge >= 0.3 is 0 Å². The van der Waals surface area contributed by atoms with Crippen molar-refractivity contribution in [1.29, 1.82) is 0 Å². The van der Waals surface area contributed by atoms with Crippen LogP contribution < -0.4 is 0 Å².